The molecule has 0 aliphatic carbocycles. The Hall–Kier alpha value is -0.610. The number of nitrogens with zero attached hydrogens (tertiary/aromatic N) is 1. The fourth-order valence-electron chi connectivity index (χ4n) is 1.57. The minimum atomic E-state index is 0.372. The lowest BCUT2D eigenvalue weighted by Crippen LogP contribution is -2.29. The van der Waals surface area contributed by atoms with Gasteiger partial charge in [-0.25, -0.2) is 4.98 Å². The number of pyridine rings is 1. The highest BCUT2D eigenvalue weighted by molar-refractivity contribution is 9.10. The molecule has 0 fully saturated rings. The van der Waals surface area contributed by atoms with Gasteiger partial charge in [0.2, 0.25) is 0 Å². The van der Waals surface area contributed by atoms with Gasteiger partial charge in [0, 0.05) is 12.2 Å². The van der Waals surface area contributed by atoms with Gasteiger partial charge in [-0.15, -0.1) is 0 Å². The lowest BCUT2D eigenvalue weighted by Gasteiger charge is -2.23. The highest BCUT2D eigenvalue weighted by atomic mass is 79.9. The smallest absolute Gasteiger partial charge is 0.140 e. The molecular weight excluding hydrogens is 266 g/mol. The Morgan fingerprint density at radius 3 is 2.69 bits per heavy atom. The van der Waals surface area contributed by atoms with Crippen molar-refractivity contribution in [2.24, 2.45) is 11.7 Å². The molecule has 16 heavy (non-hydrogen) atoms. The molecule has 0 saturated carbocycles. The second-order valence-corrected chi connectivity index (χ2v) is 5.27. The summed E-state index contributed by atoms with van der Waals surface area (Å²) in [4.78, 5) is 4.38. The number of rotatable bonds is 5. The fraction of sp³-hybridized carbons (Fsp3) is 0.583. The lowest BCUT2D eigenvalue weighted by atomic mass is 10.0. The quantitative estimate of drug-likeness (QED) is 0.875. The minimum Gasteiger partial charge on any atom is -0.366 e. The molecule has 0 amide bonds. The van der Waals surface area contributed by atoms with Crippen LogP contribution in [0.1, 0.15) is 25.8 Å². The van der Waals surface area contributed by atoms with Crippen LogP contribution in [0.15, 0.2) is 16.7 Å². The molecule has 0 aliphatic rings. The van der Waals surface area contributed by atoms with E-state index in [9.17, 15) is 0 Å². The van der Waals surface area contributed by atoms with Crippen molar-refractivity contribution in [3.05, 3.63) is 22.3 Å². The van der Waals surface area contributed by atoms with Gasteiger partial charge in [0.15, 0.2) is 0 Å². The SMILES string of the molecule is Cc1cnc(NC(CCN)C(C)C)c(Br)c1. The topological polar surface area (TPSA) is 50.9 Å². The zero-order valence-electron chi connectivity index (χ0n) is 10.1. The van der Waals surface area contributed by atoms with Gasteiger partial charge >= 0.3 is 0 Å². The maximum Gasteiger partial charge on any atom is 0.140 e. The van der Waals surface area contributed by atoms with Crippen LogP contribution in [0, 0.1) is 12.8 Å². The summed E-state index contributed by atoms with van der Waals surface area (Å²) < 4.78 is 1.01. The van der Waals surface area contributed by atoms with Crippen molar-refractivity contribution in [3.63, 3.8) is 0 Å². The average molecular weight is 286 g/mol. The molecule has 3 N–H and O–H groups in total. The number of aromatic nitrogens is 1. The molecule has 1 heterocycles. The van der Waals surface area contributed by atoms with Crippen LogP contribution in [-0.2, 0) is 0 Å². The van der Waals surface area contributed by atoms with E-state index in [4.69, 9.17) is 5.73 Å². The van der Waals surface area contributed by atoms with Gasteiger partial charge < -0.3 is 11.1 Å². The van der Waals surface area contributed by atoms with Crippen molar-refractivity contribution in [3.8, 4) is 0 Å². The van der Waals surface area contributed by atoms with Gasteiger partial charge in [-0.05, 0) is 53.4 Å². The number of hydrogen-bond donors (Lipinski definition) is 2. The van der Waals surface area contributed by atoms with Crippen molar-refractivity contribution >= 4 is 21.7 Å². The molecule has 0 saturated heterocycles. The number of aryl methyl sites for hydroxylation is 1. The summed E-state index contributed by atoms with van der Waals surface area (Å²) in [5.41, 5.74) is 6.76. The molecule has 0 radical (unpaired) electrons. The Labute approximate surface area is 106 Å². The Morgan fingerprint density at radius 2 is 2.19 bits per heavy atom. The van der Waals surface area contributed by atoms with Gasteiger partial charge in [-0.1, -0.05) is 13.8 Å². The molecule has 4 heteroatoms. The predicted molar refractivity (Wildman–Crippen MR) is 72.6 cm³/mol. The molecule has 0 spiro atoms. The zero-order valence-corrected chi connectivity index (χ0v) is 11.7. The lowest BCUT2D eigenvalue weighted by molar-refractivity contribution is 0.497. The predicted octanol–water partition coefficient (Wildman–Crippen LogP) is 2.94. The number of anilines is 1. The minimum absolute atomic E-state index is 0.372. The highest BCUT2D eigenvalue weighted by Crippen LogP contribution is 2.23. The summed E-state index contributed by atoms with van der Waals surface area (Å²) in [6.07, 6.45) is 2.83. The Morgan fingerprint density at radius 1 is 1.50 bits per heavy atom. The van der Waals surface area contributed by atoms with Gasteiger partial charge in [0.25, 0.3) is 0 Å². The number of nitrogens with one attached hydrogen (secondary N) is 1. The van der Waals surface area contributed by atoms with E-state index in [0.717, 1.165) is 22.3 Å². The molecule has 3 nitrogen and oxygen atoms in total. The molecular formula is C12H20BrN3. The largest absolute Gasteiger partial charge is 0.366 e. The third-order valence-corrected chi connectivity index (χ3v) is 3.19. The third-order valence-electron chi connectivity index (χ3n) is 2.58. The maximum absolute atomic E-state index is 5.61. The Balaban J connectivity index is 2.77. The molecule has 1 aromatic heterocycles. The average Bonchev–Trinajstić information content (AvgIpc) is 2.20. The summed E-state index contributed by atoms with van der Waals surface area (Å²) in [6, 6.07) is 2.44. The van der Waals surface area contributed by atoms with Gasteiger partial charge in [0.1, 0.15) is 5.82 Å². The van der Waals surface area contributed by atoms with E-state index in [1.54, 1.807) is 0 Å². The van der Waals surface area contributed by atoms with E-state index >= 15 is 0 Å². The van der Waals surface area contributed by atoms with Gasteiger partial charge in [0.05, 0.1) is 4.47 Å². The number of halogens is 1. The second kappa shape index (κ2) is 6.21. The summed E-state index contributed by atoms with van der Waals surface area (Å²) in [5, 5.41) is 3.44. The van der Waals surface area contributed by atoms with Crippen LogP contribution in [-0.4, -0.2) is 17.6 Å². The molecule has 1 rings (SSSR count). The van der Waals surface area contributed by atoms with E-state index in [0.29, 0.717) is 18.5 Å². The third kappa shape index (κ3) is 3.76. The van der Waals surface area contributed by atoms with Crippen LogP contribution in [0.2, 0.25) is 0 Å². The summed E-state index contributed by atoms with van der Waals surface area (Å²) >= 11 is 3.52. The maximum atomic E-state index is 5.61. The van der Waals surface area contributed by atoms with Crippen LogP contribution >= 0.6 is 15.9 Å². The number of nitrogens with two attached hydrogens (primary N) is 1. The van der Waals surface area contributed by atoms with E-state index < -0.39 is 0 Å². The normalized spacial score (nSPS) is 12.9. The molecule has 90 valence electrons. The highest BCUT2D eigenvalue weighted by Gasteiger charge is 2.14. The van der Waals surface area contributed by atoms with Gasteiger partial charge in [-0.2, -0.15) is 0 Å². The first kappa shape index (κ1) is 13.5. The molecule has 0 bridgehead atoms. The monoisotopic (exact) mass is 285 g/mol. The van der Waals surface area contributed by atoms with Crippen molar-refractivity contribution in [1.82, 2.24) is 4.98 Å². The standard InChI is InChI=1S/C12H20BrN3/c1-8(2)11(4-5-14)16-12-10(13)6-9(3)7-15-12/h6-8,11H,4-5,14H2,1-3H3,(H,15,16). The second-order valence-electron chi connectivity index (χ2n) is 4.42. The summed E-state index contributed by atoms with van der Waals surface area (Å²) in [7, 11) is 0. The van der Waals surface area contributed by atoms with Crippen LogP contribution in [0.25, 0.3) is 0 Å². The van der Waals surface area contributed by atoms with E-state index in [1.165, 1.54) is 0 Å². The number of hydrogen-bond acceptors (Lipinski definition) is 3. The van der Waals surface area contributed by atoms with Crippen LogP contribution in [0.4, 0.5) is 5.82 Å². The molecule has 0 aromatic carbocycles. The van der Waals surface area contributed by atoms with Crippen LogP contribution in [0.5, 0.6) is 0 Å². The van der Waals surface area contributed by atoms with Crippen molar-refractivity contribution in [2.75, 3.05) is 11.9 Å². The molecule has 1 unspecified atom stereocenters. The van der Waals surface area contributed by atoms with Crippen molar-refractivity contribution < 1.29 is 0 Å². The molecule has 0 aliphatic heterocycles. The Kier molecular flexibility index (Phi) is 5.22. The van der Waals surface area contributed by atoms with E-state index in [-0.39, 0.29) is 0 Å². The molecule has 1 aromatic rings. The van der Waals surface area contributed by atoms with E-state index in [2.05, 4.69) is 46.1 Å². The summed E-state index contributed by atoms with van der Waals surface area (Å²) in [5.74, 6) is 1.44. The van der Waals surface area contributed by atoms with Crippen molar-refractivity contribution in [2.45, 2.75) is 33.2 Å². The first-order chi connectivity index (χ1) is 7.54. The summed E-state index contributed by atoms with van der Waals surface area (Å²) in [6.45, 7) is 7.10. The first-order valence-corrected chi connectivity index (χ1v) is 6.42. The fourth-order valence-corrected chi connectivity index (χ4v) is 2.15. The van der Waals surface area contributed by atoms with Crippen molar-refractivity contribution in [1.29, 1.82) is 0 Å². The van der Waals surface area contributed by atoms with Gasteiger partial charge in [-0.3, -0.25) is 0 Å². The zero-order chi connectivity index (χ0) is 12.1. The first-order valence-electron chi connectivity index (χ1n) is 5.63. The molecule has 1 atom stereocenters. The van der Waals surface area contributed by atoms with E-state index in [1.807, 2.05) is 13.1 Å². The Bertz CT molecular complexity index is 339. The van der Waals surface area contributed by atoms with Crippen LogP contribution < -0.4 is 11.1 Å². The van der Waals surface area contributed by atoms with Crippen LogP contribution in [0.3, 0.4) is 0 Å².